The third kappa shape index (κ3) is 3.84. The molecule has 0 N–H and O–H groups in total. The molecule has 22 heavy (non-hydrogen) atoms. The number of aromatic nitrogens is 4. The van der Waals surface area contributed by atoms with Crippen LogP contribution in [0.5, 0.6) is 0 Å². The molecule has 3 rings (SSSR count). The van der Waals surface area contributed by atoms with Gasteiger partial charge in [-0.2, -0.15) is 29.3 Å². The second-order valence-electron chi connectivity index (χ2n) is 4.56. The van der Waals surface area contributed by atoms with E-state index < -0.39 is 0 Å². The van der Waals surface area contributed by atoms with E-state index in [0.717, 1.165) is 27.9 Å². The smallest absolute Gasteiger partial charge is 0.308 e. The zero-order chi connectivity index (χ0) is 13.9. The number of benzene rings is 1. The Morgan fingerprint density at radius 1 is 1.09 bits per heavy atom. The third-order valence-corrected chi connectivity index (χ3v) is 3.16. The van der Waals surface area contributed by atoms with Gasteiger partial charge in [0, 0.05) is 41.1 Å². The van der Waals surface area contributed by atoms with Crippen LogP contribution in [0.25, 0.3) is 22.4 Å². The first-order valence-electron chi connectivity index (χ1n) is 6.28. The summed E-state index contributed by atoms with van der Waals surface area (Å²) in [7, 11) is 1.94. The fourth-order valence-corrected chi connectivity index (χ4v) is 2.06. The second kappa shape index (κ2) is 8.25. The molecule has 0 saturated heterocycles. The van der Waals surface area contributed by atoms with Gasteiger partial charge in [-0.25, -0.2) is 0 Å². The first kappa shape index (κ1) is 18.6. The van der Waals surface area contributed by atoms with Gasteiger partial charge in [-0.3, -0.25) is 4.57 Å². The minimum atomic E-state index is 0. The van der Waals surface area contributed by atoms with Crippen LogP contribution in [0, 0.1) is 19.2 Å². The van der Waals surface area contributed by atoms with Gasteiger partial charge in [0.15, 0.2) is 0 Å². The van der Waals surface area contributed by atoms with Gasteiger partial charge in [0.05, 0.1) is 24.0 Å². The largest absolute Gasteiger partial charge is 0.369 e. The molecule has 6 heteroatoms. The Balaban J connectivity index is 0.00000121. The Morgan fingerprint density at radius 3 is 2.59 bits per heavy atom. The maximum Gasteiger partial charge on any atom is 0.308 e. The monoisotopic (exact) mass is 361 g/mol. The molecular formula is C16H13BN4Y-. The molecule has 0 atom stereocenters. The van der Waals surface area contributed by atoms with Crippen molar-refractivity contribution in [2.24, 2.45) is 7.05 Å². The normalized spacial score (nSPS) is 9.55. The van der Waals surface area contributed by atoms with Crippen molar-refractivity contribution in [3.8, 4) is 22.4 Å². The number of rotatable bonds is 2. The van der Waals surface area contributed by atoms with Crippen molar-refractivity contribution in [1.82, 2.24) is 15.2 Å². The number of aryl methyl sites for hydroxylation is 2. The van der Waals surface area contributed by atoms with Crippen LogP contribution in [0.15, 0.2) is 43.0 Å². The molecular weight excluding hydrogens is 348 g/mol. The van der Waals surface area contributed by atoms with Gasteiger partial charge in [0.25, 0.3) is 0 Å². The number of nitrogens with zero attached hydrogens (tertiary/aromatic N) is 4. The summed E-state index contributed by atoms with van der Waals surface area (Å²) < 4.78 is 1.93. The van der Waals surface area contributed by atoms with Crippen LogP contribution in [0.2, 0.25) is 0 Å². The minimum Gasteiger partial charge on any atom is -0.369 e. The van der Waals surface area contributed by atoms with Gasteiger partial charge in [0.2, 0.25) is 0 Å². The molecule has 0 fully saturated rings. The van der Waals surface area contributed by atoms with Crippen molar-refractivity contribution in [3.05, 3.63) is 60.8 Å². The summed E-state index contributed by atoms with van der Waals surface area (Å²) in [5.41, 5.74) is 5.02. The Bertz CT molecular complexity index is 750. The summed E-state index contributed by atoms with van der Waals surface area (Å²) in [4.78, 5) is 4.03. The topological polar surface area (TPSA) is 42.6 Å². The Labute approximate surface area is 157 Å². The molecule has 104 valence electrons. The van der Waals surface area contributed by atoms with Crippen LogP contribution in [-0.4, -0.2) is 23.6 Å². The maximum absolute atomic E-state index is 4.03. The van der Waals surface area contributed by atoms with Crippen LogP contribution in [0.3, 0.4) is 0 Å². The zero-order valence-electron chi connectivity index (χ0n) is 12.5. The summed E-state index contributed by atoms with van der Waals surface area (Å²) >= 11 is 0. The van der Waals surface area contributed by atoms with Crippen molar-refractivity contribution >= 4 is 8.41 Å². The van der Waals surface area contributed by atoms with Gasteiger partial charge < -0.3 is 4.98 Å². The molecule has 0 saturated carbocycles. The van der Waals surface area contributed by atoms with Crippen LogP contribution >= 0.6 is 0 Å². The average Bonchev–Trinajstić information content (AvgIpc) is 2.49. The molecule has 0 aliphatic rings. The minimum absolute atomic E-state index is 0. The van der Waals surface area contributed by atoms with E-state index in [0.29, 0.717) is 0 Å². The predicted octanol–water partition coefficient (Wildman–Crippen LogP) is 1.56. The first-order valence-corrected chi connectivity index (χ1v) is 6.28. The molecule has 0 amide bonds. The molecule has 0 aliphatic heterocycles. The molecule has 0 spiro atoms. The van der Waals surface area contributed by atoms with Gasteiger partial charge in [0.1, 0.15) is 0 Å². The zero-order valence-corrected chi connectivity index (χ0v) is 15.3. The molecule has 0 unspecified atom stereocenters. The fraction of sp³-hybridized carbons (Fsp3) is 0.125. The van der Waals surface area contributed by atoms with Crippen molar-refractivity contribution in [1.29, 1.82) is 0 Å². The van der Waals surface area contributed by atoms with Crippen LogP contribution in [0.1, 0.15) is 5.56 Å². The number of hydrogen-bond acceptors (Lipinski definition) is 3. The molecule has 2 heterocycles. The number of hydrogen-bond donors (Lipinski definition) is 0. The van der Waals surface area contributed by atoms with Gasteiger partial charge in [-0.1, -0.05) is 24.9 Å². The summed E-state index contributed by atoms with van der Waals surface area (Å²) in [6.45, 7) is 2.06. The standard InChI is InChI=1S/C16H13N4.B.Y/c1-12-5-6-13(14-4-3-7-17-9-14)8-15(12)16-10-18-19-11-20(16)2;;/h3-7,10-11H,1-2H3;;/q-1;;. The van der Waals surface area contributed by atoms with Crippen LogP contribution in [0.4, 0.5) is 0 Å². The van der Waals surface area contributed by atoms with Crippen molar-refractivity contribution in [2.45, 2.75) is 6.92 Å². The van der Waals surface area contributed by atoms with Gasteiger partial charge in [-0.15, -0.1) is 17.7 Å². The molecule has 0 bridgehead atoms. The van der Waals surface area contributed by atoms with E-state index in [-0.39, 0.29) is 41.1 Å². The van der Waals surface area contributed by atoms with Gasteiger partial charge in [-0.05, 0) is 5.10 Å². The van der Waals surface area contributed by atoms with Crippen molar-refractivity contribution < 1.29 is 37.3 Å². The second-order valence-corrected chi connectivity index (χ2v) is 4.56. The molecule has 2 aromatic heterocycles. The molecule has 4 nitrogen and oxygen atoms in total. The van der Waals surface area contributed by atoms with E-state index in [4.69, 9.17) is 0 Å². The Morgan fingerprint density at radius 2 is 1.91 bits per heavy atom. The first-order chi connectivity index (χ1) is 9.75. The van der Waals surface area contributed by atoms with E-state index in [2.05, 4.69) is 40.4 Å². The van der Waals surface area contributed by atoms with Crippen LogP contribution in [-0.2, 0) is 39.8 Å². The molecule has 3 aromatic rings. The van der Waals surface area contributed by atoms with E-state index >= 15 is 0 Å². The predicted molar refractivity (Wildman–Crippen MR) is 80.0 cm³/mol. The fourth-order valence-electron chi connectivity index (χ4n) is 2.06. The number of pyridine rings is 1. The van der Waals surface area contributed by atoms with E-state index in [1.165, 1.54) is 0 Å². The summed E-state index contributed by atoms with van der Waals surface area (Å²) in [6.07, 6.45) is 8.13. The quantitative estimate of drug-likeness (QED) is 0.395. The average molecular weight is 361 g/mol. The summed E-state index contributed by atoms with van der Waals surface area (Å²) in [6, 6.07) is 11.4. The van der Waals surface area contributed by atoms with Crippen LogP contribution < -0.4 is 4.57 Å². The van der Waals surface area contributed by atoms with E-state index in [9.17, 15) is 0 Å². The van der Waals surface area contributed by atoms with Crippen molar-refractivity contribution in [3.63, 3.8) is 0 Å². The summed E-state index contributed by atoms with van der Waals surface area (Å²) in [5.74, 6) is 0. The third-order valence-electron chi connectivity index (χ3n) is 3.16. The Hall–Kier alpha value is -1.45. The maximum atomic E-state index is 4.03. The molecule has 1 aromatic carbocycles. The molecule has 4 radical (unpaired) electrons. The Kier molecular flexibility index (Phi) is 6.98. The van der Waals surface area contributed by atoms with Gasteiger partial charge >= 0.3 is 6.33 Å². The van der Waals surface area contributed by atoms with E-state index in [1.807, 2.05) is 29.8 Å². The summed E-state index contributed by atoms with van der Waals surface area (Å²) in [5, 5.41) is 7.82. The van der Waals surface area contributed by atoms with E-state index in [1.54, 1.807) is 18.7 Å². The molecule has 0 aliphatic carbocycles. The van der Waals surface area contributed by atoms with Crippen molar-refractivity contribution in [2.75, 3.05) is 0 Å². The SMILES string of the molecule is Cc1ccc(-c2[c-]nccc2)[c-]c1-c1cnnc[n+]1C.[B].[Y].